The van der Waals surface area contributed by atoms with Gasteiger partial charge in [0.2, 0.25) is 5.91 Å². The Morgan fingerprint density at radius 3 is 2.62 bits per heavy atom. The van der Waals surface area contributed by atoms with Crippen LogP contribution in [0.25, 0.3) is 0 Å². The molecule has 3 rings (SSSR count). The molecule has 1 saturated heterocycles. The predicted molar refractivity (Wildman–Crippen MR) is 107 cm³/mol. The number of carboxylic acids is 2. The first kappa shape index (κ1) is 21.6. The number of amides is 1. The summed E-state index contributed by atoms with van der Waals surface area (Å²) in [5.41, 5.74) is 6.69. The van der Waals surface area contributed by atoms with Crippen molar-refractivity contribution >= 4 is 35.3 Å². The van der Waals surface area contributed by atoms with Gasteiger partial charge >= 0.3 is 11.9 Å². The summed E-state index contributed by atoms with van der Waals surface area (Å²) >= 11 is 1.18. The molecule has 0 bridgehead atoms. The number of para-hydroxylation sites is 1. The number of anilines is 1. The number of piperidine rings is 1. The van der Waals surface area contributed by atoms with Gasteiger partial charge in [-0.25, -0.2) is 0 Å². The third kappa shape index (κ3) is 5.08. The van der Waals surface area contributed by atoms with E-state index in [0.717, 1.165) is 30.8 Å². The van der Waals surface area contributed by atoms with Crippen LogP contribution in [0.2, 0.25) is 0 Å². The Balaban J connectivity index is 1.87. The second-order valence-corrected chi connectivity index (χ2v) is 8.34. The molecule has 0 spiro atoms. The van der Waals surface area contributed by atoms with Crippen molar-refractivity contribution in [3.63, 3.8) is 0 Å². The highest BCUT2D eigenvalue weighted by atomic mass is 32.2. The van der Waals surface area contributed by atoms with Crippen LogP contribution in [0.1, 0.15) is 12.8 Å². The molecule has 0 aromatic heterocycles. The monoisotopic (exact) mass is 423 g/mol. The first-order chi connectivity index (χ1) is 13.9. The minimum absolute atomic E-state index is 0.0739. The lowest BCUT2D eigenvalue weighted by Crippen LogP contribution is -2.50. The van der Waals surface area contributed by atoms with Crippen LogP contribution in [0.15, 0.2) is 29.2 Å². The summed E-state index contributed by atoms with van der Waals surface area (Å²) in [6.45, 7) is 0.868. The maximum atomic E-state index is 13.3. The SMILES string of the molecule is NC1Sc2ccccc2N(CC(=O)O)C(=O)[C@H]1[C@@H](COC1CCNCC1)C(=O)O. The molecule has 0 saturated carbocycles. The van der Waals surface area contributed by atoms with E-state index in [1.807, 2.05) is 0 Å². The Labute approximate surface area is 172 Å². The molecule has 158 valence electrons. The van der Waals surface area contributed by atoms with E-state index in [1.165, 1.54) is 11.8 Å². The number of carbonyl (C=O) groups is 3. The summed E-state index contributed by atoms with van der Waals surface area (Å²) in [5, 5.41) is 21.5. The summed E-state index contributed by atoms with van der Waals surface area (Å²) in [6.07, 6.45) is 1.46. The van der Waals surface area contributed by atoms with E-state index in [1.54, 1.807) is 24.3 Å². The Bertz CT molecular complexity index is 770. The van der Waals surface area contributed by atoms with Crippen molar-refractivity contribution in [2.24, 2.45) is 17.6 Å². The number of ether oxygens (including phenoxy) is 1. The molecule has 29 heavy (non-hydrogen) atoms. The second-order valence-electron chi connectivity index (χ2n) is 7.12. The minimum atomic E-state index is -1.19. The van der Waals surface area contributed by atoms with Crippen LogP contribution in [0.5, 0.6) is 0 Å². The highest BCUT2D eigenvalue weighted by molar-refractivity contribution is 8.00. The average molecular weight is 423 g/mol. The number of hydrogen-bond donors (Lipinski definition) is 4. The van der Waals surface area contributed by atoms with Crippen molar-refractivity contribution in [3.8, 4) is 0 Å². The first-order valence-corrected chi connectivity index (χ1v) is 10.4. The Morgan fingerprint density at radius 1 is 1.28 bits per heavy atom. The van der Waals surface area contributed by atoms with Gasteiger partial charge in [0.1, 0.15) is 6.54 Å². The van der Waals surface area contributed by atoms with Crippen molar-refractivity contribution < 1.29 is 29.3 Å². The number of thioether (sulfide) groups is 1. The third-order valence-electron chi connectivity index (χ3n) is 5.17. The topological polar surface area (TPSA) is 142 Å². The molecule has 0 radical (unpaired) electrons. The molecular formula is C19H25N3O6S. The van der Waals surface area contributed by atoms with Gasteiger partial charge in [-0.05, 0) is 38.1 Å². The van der Waals surface area contributed by atoms with E-state index < -0.39 is 41.6 Å². The van der Waals surface area contributed by atoms with Crippen molar-refractivity contribution in [2.75, 3.05) is 31.1 Å². The molecule has 3 atom stereocenters. The number of carboxylic acid groups (broad SMARTS) is 2. The minimum Gasteiger partial charge on any atom is -0.481 e. The number of fused-ring (bicyclic) bond motifs is 1. The van der Waals surface area contributed by atoms with Crippen LogP contribution in [0.4, 0.5) is 5.69 Å². The molecular weight excluding hydrogens is 398 g/mol. The number of carbonyl (C=O) groups excluding carboxylic acids is 1. The first-order valence-electron chi connectivity index (χ1n) is 9.48. The summed E-state index contributed by atoms with van der Waals surface area (Å²) < 4.78 is 5.82. The summed E-state index contributed by atoms with van der Waals surface area (Å²) in [6, 6.07) is 6.84. The van der Waals surface area contributed by atoms with Crippen LogP contribution < -0.4 is 16.0 Å². The van der Waals surface area contributed by atoms with E-state index in [4.69, 9.17) is 10.5 Å². The number of nitrogens with one attached hydrogen (secondary N) is 1. The number of nitrogens with zero attached hydrogens (tertiary/aromatic N) is 1. The molecule has 0 aliphatic carbocycles. The van der Waals surface area contributed by atoms with E-state index in [2.05, 4.69) is 5.32 Å². The zero-order chi connectivity index (χ0) is 21.0. The second kappa shape index (κ2) is 9.57. The van der Waals surface area contributed by atoms with Crippen LogP contribution in [-0.4, -0.2) is 65.8 Å². The molecule has 1 amide bonds. The molecule has 1 aromatic carbocycles. The lowest BCUT2D eigenvalue weighted by Gasteiger charge is -2.31. The van der Waals surface area contributed by atoms with Gasteiger partial charge in [0.25, 0.3) is 0 Å². The average Bonchev–Trinajstić information content (AvgIpc) is 2.78. The van der Waals surface area contributed by atoms with E-state index in [0.29, 0.717) is 10.6 Å². The van der Waals surface area contributed by atoms with Gasteiger partial charge in [0.15, 0.2) is 0 Å². The Hall–Kier alpha value is -2.14. The predicted octanol–water partition coefficient (Wildman–Crippen LogP) is 0.580. The van der Waals surface area contributed by atoms with Crippen molar-refractivity contribution in [3.05, 3.63) is 24.3 Å². The fraction of sp³-hybridized carbons (Fsp3) is 0.526. The maximum Gasteiger partial charge on any atom is 0.323 e. The fourth-order valence-electron chi connectivity index (χ4n) is 3.67. The van der Waals surface area contributed by atoms with Crippen molar-refractivity contribution in [1.29, 1.82) is 0 Å². The lowest BCUT2D eigenvalue weighted by atomic mass is 9.90. The van der Waals surface area contributed by atoms with E-state index >= 15 is 0 Å². The van der Waals surface area contributed by atoms with Gasteiger partial charge in [-0.15, -0.1) is 11.8 Å². The number of aliphatic carboxylic acids is 2. The van der Waals surface area contributed by atoms with E-state index in [-0.39, 0.29) is 12.7 Å². The van der Waals surface area contributed by atoms with Crippen LogP contribution in [0.3, 0.4) is 0 Å². The van der Waals surface area contributed by atoms with Gasteiger partial charge in [-0.3, -0.25) is 19.3 Å². The Kier molecular flexibility index (Phi) is 7.12. The molecule has 1 unspecified atom stereocenters. The Morgan fingerprint density at radius 2 is 1.97 bits per heavy atom. The molecule has 2 aliphatic heterocycles. The van der Waals surface area contributed by atoms with Crippen LogP contribution >= 0.6 is 11.8 Å². The number of benzene rings is 1. The van der Waals surface area contributed by atoms with Crippen LogP contribution in [-0.2, 0) is 19.1 Å². The zero-order valence-corrected chi connectivity index (χ0v) is 16.6. The highest BCUT2D eigenvalue weighted by Gasteiger charge is 2.44. The van der Waals surface area contributed by atoms with Crippen molar-refractivity contribution in [2.45, 2.75) is 29.2 Å². The standard InChI is InChI=1S/C19H25N3O6S/c20-17-16(12(19(26)27)10-28-11-5-7-21-8-6-11)18(25)22(9-15(23)24)13-3-1-2-4-14(13)29-17/h1-4,11-12,16-17,21H,5-10,20H2,(H,23,24)(H,26,27)/t12-,16+,17?/m1/s1. The summed E-state index contributed by atoms with van der Waals surface area (Å²) in [7, 11) is 0. The quantitative estimate of drug-likeness (QED) is 0.495. The highest BCUT2D eigenvalue weighted by Crippen LogP contribution is 2.40. The molecule has 1 aromatic rings. The smallest absolute Gasteiger partial charge is 0.323 e. The lowest BCUT2D eigenvalue weighted by molar-refractivity contribution is -0.151. The molecule has 9 nitrogen and oxygen atoms in total. The number of nitrogens with two attached hydrogens (primary N) is 1. The van der Waals surface area contributed by atoms with Gasteiger partial charge in [-0.2, -0.15) is 0 Å². The third-order valence-corrected chi connectivity index (χ3v) is 6.33. The zero-order valence-electron chi connectivity index (χ0n) is 15.8. The molecule has 1 fully saturated rings. The van der Waals surface area contributed by atoms with Gasteiger partial charge in [0, 0.05) is 4.90 Å². The largest absolute Gasteiger partial charge is 0.481 e. The van der Waals surface area contributed by atoms with E-state index in [9.17, 15) is 24.6 Å². The molecule has 2 heterocycles. The van der Waals surface area contributed by atoms with Crippen molar-refractivity contribution in [1.82, 2.24) is 5.32 Å². The molecule has 5 N–H and O–H groups in total. The fourth-order valence-corrected chi connectivity index (χ4v) is 4.87. The summed E-state index contributed by atoms with van der Waals surface area (Å²) in [5.74, 6) is -5.28. The number of rotatable bonds is 7. The van der Waals surface area contributed by atoms with Gasteiger partial charge in [-0.1, -0.05) is 12.1 Å². The normalized spacial score (nSPS) is 23.9. The van der Waals surface area contributed by atoms with Gasteiger partial charge < -0.3 is 26.0 Å². The van der Waals surface area contributed by atoms with Gasteiger partial charge in [0.05, 0.1) is 35.6 Å². The number of hydrogen-bond acceptors (Lipinski definition) is 7. The molecule has 2 aliphatic rings. The van der Waals surface area contributed by atoms with Crippen LogP contribution in [0, 0.1) is 11.8 Å². The summed E-state index contributed by atoms with van der Waals surface area (Å²) in [4.78, 5) is 38.5. The molecule has 10 heteroatoms. The maximum absolute atomic E-state index is 13.3.